The predicted molar refractivity (Wildman–Crippen MR) is 74.6 cm³/mol. The number of aryl methyl sites for hydroxylation is 3. The van der Waals surface area contributed by atoms with E-state index in [0.29, 0.717) is 5.41 Å². The molecule has 1 aromatic rings. The molecular weight excluding hydrogens is 206 g/mol. The van der Waals surface area contributed by atoms with Crippen LogP contribution in [-0.4, -0.2) is 13.1 Å². The number of rotatable bonds is 5. The maximum absolute atomic E-state index is 3.52. The zero-order valence-electron chi connectivity index (χ0n) is 11.7. The van der Waals surface area contributed by atoms with E-state index in [2.05, 4.69) is 45.1 Å². The molecule has 1 fully saturated rings. The molecule has 17 heavy (non-hydrogen) atoms. The van der Waals surface area contributed by atoms with Crippen LogP contribution in [0.3, 0.4) is 0 Å². The molecule has 0 atom stereocenters. The Kier molecular flexibility index (Phi) is 3.58. The minimum absolute atomic E-state index is 0.570. The van der Waals surface area contributed by atoms with Gasteiger partial charge in [0.25, 0.3) is 0 Å². The molecule has 0 unspecified atom stereocenters. The van der Waals surface area contributed by atoms with E-state index in [0.717, 1.165) is 6.54 Å². The van der Waals surface area contributed by atoms with E-state index in [1.807, 2.05) is 0 Å². The Labute approximate surface area is 106 Å². The maximum Gasteiger partial charge on any atom is 0.00109 e. The van der Waals surface area contributed by atoms with Gasteiger partial charge >= 0.3 is 0 Å². The minimum Gasteiger partial charge on any atom is -0.316 e. The van der Waals surface area contributed by atoms with Crippen molar-refractivity contribution < 1.29 is 0 Å². The standard InChI is InChI=1S/C16H25N/c1-5-17-11-16(6-7-16)10-15-13(3)8-12(2)9-14(15)4/h8-9,17H,5-7,10-11H2,1-4H3. The summed E-state index contributed by atoms with van der Waals surface area (Å²) in [7, 11) is 0. The van der Waals surface area contributed by atoms with Crippen LogP contribution in [0.25, 0.3) is 0 Å². The third kappa shape index (κ3) is 2.90. The molecular formula is C16H25N. The van der Waals surface area contributed by atoms with Gasteiger partial charge in [0.1, 0.15) is 0 Å². The Hall–Kier alpha value is -0.820. The van der Waals surface area contributed by atoms with Gasteiger partial charge in [0, 0.05) is 6.54 Å². The van der Waals surface area contributed by atoms with Crippen molar-refractivity contribution in [2.45, 2.75) is 47.0 Å². The molecule has 1 saturated carbocycles. The van der Waals surface area contributed by atoms with E-state index in [-0.39, 0.29) is 0 Å². The van der Waals surface area contributed by atoms with Gasteiger partial charge in [-0.25, -0.2) is 0 Å². The largest absolute Gasteiger partial charge is 0.316 e. The summed E-state index contributed by atoms with van der Waals surface area (Å²) in [4.78, 5) is 0. The van der Waals surface area contributed by atoms with Crippen LogP contribution in [0.1, 0.15) is 42.0 Å². The molecule has 0 aromatic heterocycles. The van der Waals surface area contributed by atoms with E-state index in [4.69, 9.17) is 0 Å². The summed E-state index contributed by atoms with van der Waals surface area (Å²) in [5.74, 6) is 0. The molecule has 0 spiro atoms. The zero-order chi connectivity index (χ0) is 12.5. The number of benzene rings is 1. The molecule has 94 valence electrons. The van der Waals surface area contributed by atoms with Crippen LogP contribution in [0, 0.1) is 26.2 Å². The Balaban J connectivity index is 2.13. The highest BCUT2D eigenvalue weighted by Crippen LogP contribution is 2.48. The summed E-state index contributed by atoms with van der Waals surface area (Å²) in [6, 6.07) is 4.65. The number of hydrogen-bond donors (Lipinski definition) is 1. The maximum atomic E-state index is 3.52. The lowest BCUT2D eigenvalue weighted by Gasteiger charge is -2.19. The quantitative estimate of drug-likeness (QED) is 0.817. The summed E-state index contributed by atoms with van der Waals surface area (Å²) in [5.41, 5.74) is 6.50. The van der Waals surface area contributed by atoms with E-state index >= 15 is 0 Å². The summed E-state index contributed by atoms with van der Waals surface area (Å²) in [5, 5.41) is 3.52. The highest BCUT2D eigenvalue weighted by Gasteiger charge is 2.42. The third-order valence-electron chi connectivity index (χ3n) is 4.10. The van der Waals surface area contributed by atoms with Crippen molar-refractivity contribution in [1.82, 2.24) is 5.32 Å². The van der Waals surface area contributed by atoms with Crippen molar-refractivity contribution in [1.29, 1.82) is 0 Å². The SMILES string of the molecule is CCNCC1(Cc2c(C)cc(C)cc2C)CC1. The first-order valence-electron chi connectivity index (χ1n) is 6.84. The van der Waals surface area contributed by atoms with Crippen LogP contribution in [-0.2, 0) is 6.42 Å². The van der Waals surface area contributed by atoms with Crippen molar-refractivity contribution in [3.8, 4) is 0 Å². The third-order valence-corrected chi connectivity index (χ3v) is 4.10. The molecule has 1 nitrogen and oxygen atoms in total. The molecule has 1 heteroatoms. The first-order chi connectivity index (χ1) is 8.06. The molecule has 0 heterocycles. The van der Waals surface area contributed by atoms with Gasteiger partial charge in [-0.1, -0.05) is 24.6 Å². The first-order valence-corrected chi connectivity index (χ1v) is 6.84. The Morgan fingerprint density at radius 2 is 1.71 bits per heavy atom. The second-order valence-electron chi connectivity index (χ2n) is 5.83. The molecule has 0 amide bonds. The normalized spacial score (nSPS) is 17.2. The highest BCUT2D eigenvalue weighted by atomic mass is 14.9. The number of hydrogen-bond acceptors (Lipinski definition) is 1. The Bertz CT molecular complexity index is 379. The summed E-state index contributed by atoms with van der Waals surface area (Å²) in [6.07, 6.45) is 4.05. The van der Waals surface area contributed by atoms with E-state index < -0.39 is 0 Å². The van der Waals surface area contributed by atoms with E-state index in [9.17, 15) is 0 Å². The van der Waals surface area contributed by atoms with E-state index in [1.54, 1.807) is 5.56 Å². The summed E-state index contributed by atoms with van der Waals surface area (Å²) >= 11 is 0. The average molecular weight is 231 g/mol. The number of nitrogens with one attached hydrogen (secondary N) is 1. The lowest BCUT2D eigenvalue weighted by molar-refractivity contribution is 0.461. The van der Waals surface area contributed by atoms with Crippen LogP contribution >= 0.6 is 0 Å². The van der Waals surface area contributed by atoms with Gasteiger partial charge in [-0.15, -0.1) is 0 Å². The molecule has 0 aliphatic heterocycles. The fraction of sp³-hybridized carbons (Fsp3) is 0.625. The van der Waals surface area contributed by atoms with Gasteiger partial charge in [-0.05, 0) is 68.7 Å². The van der Waals surface area contributed by atoms with E-state index in [1.165, 1.54) is 42.5 Å². The fourth-order valence-corrected chi connectivity index (χ4v) is 2.85. The van der Waals surface area contributed by atoms with Crippen molar-refractivity contribution in [3.05, 3.63) is 34.4 Å². The molecule has 1 aliphatic carbocycles. The van der Waals surface area contributed by atoms with Crippen LogP contribution in [0.15, 0.2) is 12.1 Å². The van der Waals surface area contributed by atoms with Gasteiger partial charge in [-0.3, -0.25) is 0 Å². The first kappa shape index (κ1) is 12.6. The van der Waals surface area contributed by atoms with Crippen LogP contribution in [0.2, 0.25) is 0 Å². The monoisotopic (exact) mass is 231 g/mol. The molecule has 0 bridgehead atoms. The fourth-order valence-electron chi connectivity index (χ4n) is 2.85. The second kappa shape index (κ2) is 4.81. The second-order valence-corrected chi connectivity index (χ2v) is 5.83. The van der Waals surface area contributed by atoms with Gasteiger partial charge in [-0.2, -0.15) is 0 Å². The van der Waals surface area contributed by atoms with Crippen molar-refractivity contribution in [2.24, 2.45) is 5.41 Å². The summed E-state index contributed by atoms with van der Waals surface area (Å²) < 4.78 is 0. The topological polar surface area (TPSA) is 12.0 Å². The van der Waals surface area contributed by atoms with Gasteiger partial charge in [0.05, 0.1) is 0 Å². The Morgan fingerprint density at radius 3 is 2.18 bits per heavy atom. The van der Waals surface area contributed by atoms with Gasteiger partial charge < -0.3 is 5.32 Å². The molecule has 0 saturated heterocycles. The molecule has 0 radical (unpaired) electrons. The van der Waals surface area contributed by atoms with Crippen LogP contribution in [0.5, 0.6) is 0 Å². The predicted octanol–water partition coefficient (Wildman–Crippen LogP) is 3.54. The average Bonchev–Trinajstić information content (AvgIpc) is 3.01. The molecule has 2 rings (SSSR count). The smallest absolute Gasteiger partial charge is 0.00109 e. The van der Waals surface area contributed by atoms with Crippen LogP contribution < -0.4 is 5.32 Å². The highest BCUT2D eigenvalue weighted by molar-refractivity contribution is 5.38. The van der Waals surface area contributed by atoms with Crippen molar-refractivity contribution in [3.63, 3.8) is 0 Å². The van der Waals surface area contributed by atoms with Gasteiger partial charge in [0.2, 0.25) is 0 Å². The Morgan fingerprint density at radius 1 is 1.12 bits per heavy atom. The molecule has 1 aromatic carbocycles. The van der Waals surface area contributed by atoms with Gasteiger partial charge in [0.15, 0.2) is 0 Å². The van der Waals surface area contributed by atoms with Crippen molar-refractivity contribution in [2.75, 3.05) is 13.1 Å². The lowest BCUT2D eigenvalue weighted by Crippen LogP contribution is -2.25. The summed E-state index contributed by atoms with van der Waals surface area (Å²) in [6.45, 7) is 11.2. The van der Waals surface area contributed by atoms with Crippen LogP contribution in [0.4, 0.5) is 0 Å². The molecule has 1 N–H and O–H groups in total. The molecule has 1 aliphatic rings. The van der Waals surface area contributed by atoms with Crippen molar-refractivity contribution >= 4 is 0 Å². The minimum atomic E-state index is 0.570. The lowest BCUT2D eigenvalue weighted by atomic mass is 9.89. The zero-order valence-corrected chi connectivity index (χ0v) is 11.7.